The Morgan fingerprint density at radius 1 is 1.06 bits per heavy atom. The number of aromatic nitrogens is 1. The highest BCUT2D eigenvalue weighted by atomic mass is 35.5. The topological polar surface area (TPSA) is 107 Å². The van der Waals surface area contributed by atoms with E-state index in [-0.39, 0.29) is 16.6 Å². The number of carbonyl (C=O) groups excluding carboxylic acids is 3. The van der Waals surface area contributed by atoms with Crippen molar-refractivity contribution < 1.29 is 37.0 Å². The molecule has 2 aromatic rings. The zero-order valence-corrected chi connectivity index (χ0v) is 20.8. The lowest BCUT2D eigenvalue weighted by Gasteiger charge is -2.22. The summed E-state index contributed by atoms with van der Waals surface area (Å²) < 4.78 is 50.5. The number of ether oxygens (including phenoxy) is 2. The molecule has 0 spiro atoms. The third-order valence-corrected chi connectivity index (χ3v) is 5.00. The largest absolute Gasteiger partial charge is 0.481 e. The van der Waals surface area contributed by atoms with Crippen LogP contribution in [0, 0.1) is 0 Å². The standard InChI is InChI=1S/C22H22Cl2F3N3O5/c1-10(28-20(33)35-21(2,3)4)19(32)29-13-8-6-11(22(25,26)27)16(24)15(13)18(31)17-12(23)7-9-14(30-17)34-5/h6-10H,1-5H3,(H,28,33)(H,29,32). The van der Waals surface area contributed by atoms with Crippen LogP contribution >= 0.6 is 23.2 Å². The lowest BCUT2D eigenvalue weighted by atomic mass is 10.0. The van der Waals surface area contributed by atoms with Gasteiger partial charge in [0, 0.05) is 6.07 Å². The Kier molecular flexibility index (Phi) is 8.61. The van der Waals surface area contributed by atoms with Crippen molar-refractivity contribution in [3.8, 4) is 5.88 Å². The molecule has 13 heteroatoms. The number of hydrogen-bond donors (Lipinski definition) is 2. The Labute approximate surface area is 209 Å². The Bertz CT molecular complexity index is 1150. The molecule has 190 valence electrons. The molecule has 0 aliphatic carbocycles. The summed E-state index contributed by atoms with van der Waals surface area (Å²) in [5.41, 5.74) is -3.62. The van der Waals surface area contributed by atoms with Crippen molar-refractivity contribution in [1.29, 1.82) is 0 Å². The predicted octanol–water partition coefficient (Wildman–Crippen LogP) is 5.50. The van der Waals surface area contributed by atoms with E-state index in [0.29, 0.717) is 6.07 Å². The summed E-state index contributed by atoms with van der Waals surface area (Å²) in [5, 5.41) is 3.46. The molecule has 0 saturated heterocycles. The van der Waals surface area contributed by atoms with Crippen molar-refractivity contribution in [2.24, 2.45) is 0 Å². The Balaban J connectivity index is 2.49. The van der Waals surface area contributed by atoms with E-state index in [2.05, 4.69) is 15.6 Å². The molecule has 35 heavy (non-hydrogen) atoms. The number of rotatable bonds is 6. The van der Waals surface area contributed by atoms with E-state index in [9.17, 15) is 27.6 Å². The summed E-state index contributed by atoms with van der Waals surface area (Å²) in [6.45, 7) is 6.18. The molecule has 2 rings (SSSR count). The maximum absolute atomic E-state index is 13.5. The van der Waals surface area contributed by atoms with Gasteiger partial charge in [0.15, 0.2) is 0 Å². The fraction of sp³-hybridized carbons (Fsp3) is 0.364. The van der Waals surface area contributed by atoms with Crippen LogP contribution in [0.5, 0.6) is 5.88 Å². The maximum Gasteiger partial charge on any atom is 0.417 e. The van der Waals surface area contributed by atoms with Crippen LogP contribution in [0.15, 0.2) is 24.3 Å². The molecular weight excluding hydrogens is 514 g/mol. The van der Waals surface area contributed by atoms with Crippen LogP contribution in [0.4, 0.5) is 23.7 Å². The van der Waals surface area contributed by atoms with Crippen LogP contribution in [0.3, 0.4) is 0 Å². The molecule has 0 bridgehead atoms. The van der Waals surface area contributed by atoms with E-state index in [1.54, 1.807) is 20.8 Å². The van der Waals surface area contributed by atoms with E-state index in [0.717, 1.165) is 6.07 Å². The van der Waals surface area contributed by atoms with Crippen molar-refractivity contribution in [2.45, 2.75) is 45.5 Å². The van der Waals surface area contributed by atoms with E-state index < -0.39 is 57.4 Å². The average Bonchev–Trinajstić information content (AvgIpc) is 2.71. The summed E-state index contributed by atoms with van der Waals surface area (Å²) in [6.07, 6.45) is -5.79. The fourth-order valence-corrected chi connectivity index (χ4v) is 3.28. The van der Waals surface area contributed by atoms with Gasteiger partial charge in [0.2, 0.25) is 17.6 Å². The first-order chi connectivity index (χ1) is 16.0. The van der Waals surface area contributed by atoms with Crippen molar-refractivity contribution in [2.75, 3.05) is 12.4 Å². The van der Waals surface area contributed by atoms with Gasteiger partial charge in [-0.3, -0.25) is 9.59 Å². The number of hydrogen-bond acceptors (Lipinski definition) is 6. The van der Waals surface area contributed by atoms with Gasteiger partial charge in [-0.25, -0.2) is 9.78 Å². The first-order valence-corrected chi connectivity index (χ1v) is 10.8. The SMILES string of the molecule is COc1ccc(Cl)c(C(=O)c2c(NC(=O)C(C)NC(=O)OC(C)(C)C)ccc(C(F)(F)F)c2Cl)n1. The molecule has 0 fully saturated rings. The number of alkyl halides is 3. The van der Waals surface area contributed by atoms with Crippen molar-refractivity contribution >= 4 is 46.7 Å². The first-order valence-electron chi connectivity index (χ1n) is 10.0. The Hall–Kier alpha value is -3.05. The second-order valence-corrected chi connectivity index (χ2v) is 9.00. The van der Waals surface area contributed by atoms with Crippen LogP contribution < -0.4 is 15.4 Å². The number of alkyl carbamates (subject to hydrolysis) is 1. The molecule has 0 aliphatic heterocycles. The van der Waals surface area contributed by atoms with Crippen LogP contribution in [0.25, 0.3) is 0 Å². The van der Waals surface area contributed by atoms with Crippen LogP contribution in [0.1, 0.15) is 49.3 Å². The highest BCUT2D eigenvalue weighted by Gasteiger charge is 2.37. The fourth-order valence-electron chi connectivity index (χ4n) is 2.73. The minimum absolute atomic E-state index is 0.0263. The highest BCUT2D eigenvalue weighted by molar-refractivity contribution is 6.39. The third kappa shape index (κ3) is 7.22. The molecule has 1 atom stereocenters. The number of ketones is 1. The van der Waals surface area contributed by atoms with Crippen molar-refractivity contribution in [1.82, 2.24) is 10.3 Å². The Morgan fingerprint density at radius 3 is 2.23 bits per heavy atom. The number of nitrogens with one attached hydrogen (secondary N) is 2. The zero-order chi connectivity index (χ0) is 26.7. The summed E-state index contributed by atoms with van der Waals surface area (Å²) in [7, 11) is 1.27. The monoisotopic (exact) mass is 535 g/mol. The normalized spacial score (nSPS) is 12.5. The van der Waals surface area contributed by atoms with Gasteiger partial charge < -0.3 is 20.1 Å². The number of nitrogens with zero attached hydrogens (tertiary/aromatic N) is 1. The van der Waals surface area contributed by atoms with Gasteiger partial charge in [0.05, 0.1) is 34.0 Å². The van der Waals surface area contributed by atoms with E-state index in [1.807, 2.05) is 0 Å². The first kappa shape index (κ1) is 28.2. The van der Waals surface area contributed by atoms with Crippen molar-refractivity contribution in [3.63, 3.8) is 0 Å². The summed E-state index contributed by atoms with van der Waals surface area (Å²) in [4.78, 5) is 41.8. The molecule has 8 nitrogen and oxygen atoms in total. The van der Waals surface area contributed by atoms with Crippen LogP contribution in [-0.4, -0.2) is 41.5 Å². The predicted molar refractivity (Wildman–Crippen MR) is 123 cm³/mol. The van der Waals surface area contributed by atoms with E-state index in [1.165, 1.54) is 26.2 Å². The van der Waals surface area contributed by atoms with Crippen LogP contribution in [0.2, 0.25) is 10.0 Å². The molecule has 2 N–H and O–H groups in total. The number of amides is 2. The summed E-state index contributed by atoms with van der Waals surface area (Å²) >= 11 is 12.1. The quantitative estimate of drug-likeness (QED) is 0.473. The second-order valence-electron chi connectivity index (χ2n) is 8.22. The summed E-state index contributed by atoms with van der Waals surface area (Å²) in [6, 6.07) is 2.91. The lowest BCUT2D eigenvalue weighted by molar-refractivity contribution is -0.137. The second kappa shape index (κ2) is 10.7. The number of benzene rings is 1. The molecule has 0 aliphatic rings. The minimum atomic E-state index is -4.90. The molecule has 2 amide bonds. The Morgan fingerprint density at radius 2 is 1.69 bits per heavy atom. The molecular formula is C22H22Cl2F3N3O5. The van der Waals surface area contributed by atoms with Crippen molar-refractivity contribution in [3.05, 3.63) is 51.1 Å². The number of halogens is 5. The molecule has 1 aromatic heterocycles. The molecule has 0 radical (unpaired) electrons. The van der Waals surface area contributed by atoms with E-state index >= 15 is 0 Å². The van der Waals surface area contributed by atoms with Gasteiger partial charge in [0.1, 0.15) is 17.3 Å². The van der Waals surface area contributed by atoms with Gasteiger partial charge in [-0.15, -0.1) is 0 Å². The molecule has 1 heterocycles. The third-order valence-electron chi connectivity index (χ3n) is 4.30. The van der Waals surface area contributed by atoms with E-state index in [4.69, 9.17) is 32.7 Å². The smallest absolute Gasteiger partial charge is 0.417 e. The number of methoxy groups -OCH3 is 1. The molecule has 1 unspecified atom stereocenters. The van der Waals surface area contributed by atoms with Gasteiger partial charge in [-0.1, -0.05) is 23.2 Å². The van der Waals surface area contributed by atoms with Crippen LogP contribution in [-0.2, 0) is 15.7 Å². The minimum Gasteiger partial charge on any atom is -0.481 e. The van der Waals surface area contributed by atoms with Gasteiger partial charge in [0.25, 0.3) is 0 Å². The maximum atomic E-state index is 13.5. The molecule has 1 aromatic carbocycles. The molecule has 0 saturated carbocycles. The number of anilines is 1. The average molecular weight is 536 g/mol. The lowest BCUT2D eigenvalue weighted by Crippen LogP contribution is -2.44. The highest BCUT2D eigenvalue weighted by Crippen LogP contribution is 2.40. The number of pyridine rings is 1. The summed E-state index contributed by atoms with van der Waals surface area (Å²) in [5.74, 6) is -1.97. The van der Waals surface area contributed by atoms with Gasteiger partial charge in [-0.2, -0.15) is 13.2 Å². The number of carbonyl (C=O) groups is 3. The zero-order valence-electron chi connectivity index (χ0n) is 19.3. The van der Waals surface area contributed by atoms with Gasteiger partial charge >= 0.3 is 12.3 Å². The van der Waals surface area contributed by atoms with Gasteiger partial charge in [-0.05, 0) is 45.9 Å².